The predicted molar refractivity (Wildman–Crippen MR) is 110 cm³/mol. The molecular weight excluding hydrogens is 368 g/mol. The molecule has 7 nitrogen and oxygen atoms in total. The van der Waals surface area contributed by atoms with Gasteiger partial charge < -0.3 is 13.7 Å². The Labute approximate surface area is 166 Å². The fraction of sp³-hybridized carbons (Fsp3) is 0.136. The third kappa shape index (κ3) is 3.69. The van der Waals surface area contributed by atoms with Crippen LogP contribution < -0.4 is 10.2 Å². The highest BCUT2D eigenvalue weighted by atomic mass is 16.5. The Balaban J connectivity index is 1.52. The molecule has 0 radical (unpaired) electrons. The summed E-state index contributed by atoms with van der Waals surface area (Å²) in [7, 11) is 0. The van der Waals surface area contributed by atoms with Crippen LogP contribution in [-0.2, 0) is 6.54 Å². The Bertz CT molecular complexity index is 1260. The number of aromatic nitrogens is 1. The van der Waals surface area contributed by atoms with Crippen LogP contribution in [0.25, 0.3) is 21.9 Å². The first kappa shape index (κ1) is 18.3. The van der Waals surface area contributed by atoms with E-state index in [9.17, 15) is 4.79 Å². The average Bonchev–Trinajstić information content (AvgIpc) is 3.30. The summed E-state index contributed by atoms with van der Waals surface area (Å²) in [5.74, 6) is 0.438. The number of amides is 1. The molecule has 4 rings (SSSR count). The summed E-state index contributed by atoms with van der Waals surface area (Å²) in [5, 5.41) is 14.8. The van der Waals surface area contributed by atoms with Crippen molar-refractivity contribution >= 4 is 34.0 Å². The summed E-state index contributed by atoms with van der Waals surface area (Å²) in [6.07, 6.45) is 3.39. The summed E-state index contributed by atoms with van der Waals surface area (Å²) < 4.78 is 12.9. The number of ether oxygens (including phenoxy) is 1. The van der Waals surface area contributed by atoms with Crippen LogP contribution in [0, 0.1) is 11.3 Å². The number of nitriles is 1. The molecule has 0 spiro atoms. The maximum atomic E-state index is 12.4. The number of fused-ring (bicyclic) bond motifs is 2. The number of hydrazone groups is 1. The van der Waals surface area contributed by atoms with E-state index in [-0.39, 0.29) is 12.3 Å². The Morgan fingerprint density at radius 3 is 3.00 bits per heavy atom. The number of carbonyl (C=O) groups excluding carboxylic acids is 1. The molecule has 2 aromatic heterocycles. The summed E-state index contributed by atoms with van der Waals surface area (Å²) >= 11 is 0. The first-order valence-electron chi connectivity index (χ1n) is 9.14. The molecule has 0 bridgehead atoms. The van der Waals surface area contributed by atoms with Gasteiger partial charge >= 0.3 is 5.91 Å². The van der Waals surface area contributed by atoms with Crippen molar-refractivity contribution in [2.24, 2.45) is 5.10 Å². The van der Waals surface area contributed by atoms with Gasteiger partial charge in [0.1, 0.15) is 17.9 Å². The van der Waals surface area contributed by atoms with Crippen molar-refractivity contribution in [1.82, 2.24) is 9.99 Å². The van der Waals surface area contributed by atoms with Crippen molar-refractivity contribution in [3.05, 3.63) is 66.1 Å². The fourth-order valence-electron chi connectivity index (χ4n) is 3.19. The number of hydrogen-bond donors (Lipinski definition) is 1. The maximum Gasteiger partial charge on any atom is 0.307 e. The van der Waals surface area contributed by atoms with E-state index in [1.165, 1.54) is 0 Å². The van der Waals surface area contributed by atoms with E-state index in [2.05, 4.69) is 16.6 Å². The smallest absolute Gasteiger partial charge is 0.307 e. The van der Waals surface area contributed by atoms with E-state index >= 15 is 0 Å². The molecule has 144 valence electrons. The van der Waals surface area contributed by atoms with Gasteiger partial charge in [0.15, 0.2) is 5.76 Å². The molecule has 2 heterocycles. The van der Waals surface area contributed by atoms with E-state index in [0.717, 1.165) is 27.6 Å². The van der Waals surface area contributed by atoms with Crippen molar-refractivity contribution in [3.63, 3.8) is 0 Å². The van der Waals surface area contributed by atoms with E-state index in [0.29, 0.717) is 12.2 Å². The van der Waals surface area contributed by atoms with Crippen LogP contribution in [0.4, 0.5) is 0 Å². The Morgan fingerprint density at radius 1 is 1.31 bits per heavy atom. The lowest BCUT2D eigenvalue weighted by Crippen LogP contribution is -2.16. The second kappa shape index (κ2) is 7.90. The molecule has 1 N–H and O–H groups in total. The van der Waals surface area contributed by atoms with Gasteiger partial charge in [-0.05, 0) is 37.3 Å². The molecule has 0 aliphatic heterocycles. The summed E-state index contributed by atoms with van der Waals surface area (Å²) in [4.78, 5) is 12.4. The number of furan rings is 1. The van der Waals surface area contributed by atoms with E-state index in [4.69, 9.17) is 14.4 Å². The molecule has 0 saturated carbocycles. The lowest BCUT2D eigenvalue weighted by atomic mass is 10.2. The minimum Gasteiger partial charge on any atom is -0.494 e. The lowest BCUT2D eigenvalue weighted by molar-refractivity contribution is 0.0929. The quantitative estimate of drug-likeness (QED) is 0.399. The molecule has 0 saturated heterocycles. The van der Waals surface area contributed by atoms with Crippen molar-refractivity contribution in [3.8, 4) is 11.8 Å². The molecule has 29 heavy (non-hydrogen) atoms. The number of benzene rings is 2. The van der Waals surface area contributed by atoms with Gasteiger partial charge in [-0.3, -0.25) is 4.79 Å². The molecule has 0 aliphatic carbocycles. The highest BCUT2D eigenvalue weighted by molar-refractivity contribution is 6.01. The summed E-state index contributed by atoms with van der Waals surface area (Å²) in [5.41, 5.74) is 4.83. The maximum absolute atomic E-state index is 12.4. The highest BCUT2D eigenvalue weighted by Gasteiger charge is 2.12. The predicted octanol–water partition coefficient (Wildman–Crippen LogP) is 4.07. The van der Waals surface area contributed by atoms with Crippen LogP contribution in [0.3, 0.4) is 0 Å². The van der Waals surface area contributed by atoms with Gasteiger partial charge in [-0.15, -0.1) is 0 Å². The third-order valence-corrected chi connectivity index (χ3v) is 4.45. The van der Waals surface area contributed by atoms with E-state index in [1.807, 2.05) is 48.0 Å². The molecular formula is C22H18N4O3. The molecule has 4 aromatic rings. The zero-order valence-electron chi connectivity index (χ0n) is 15.8. The second-order valence-corrected chi connectivity index (χ2v) is 6.33. The van der Waals surface area contributed by atoms with E-state index in [1.54, 1.807) is 24.4 Å². The SMILES string of the molecule is CCOc1ccc2oc(C(=O)N/N=C/c3cn(CC#N)c4ccccc34)cc2c1. The normalized spacial score (nSPS) is 11.2. The first-order chi connectivity index (χ1) is 14.2. The van der Waals surface area contributed by atoms with Crippen LogP contribution in [0.1, 0.15) is 23.0 Å². The van der Waals surface area contributed by atoms with Gasteiger partial charge in [0.25, 0.3) is 0 Å². The third-order valence-electron chi connectivity index (χ3n) is 4.45. The van der Waals surface area contributed by atoms with Gasteiger partial charge in [-0.1, -0.05) is 18.2 Å². The summed E-state index contributed by atoms with van der Waals surface area (Å²) in [6.45, 7) is 2.72. The number of para-hydroxylation sites is 1. The van der Waals surface area contributed by atoms with Crippen molar-refractivity contribution in [2.45, 2.75) is 13.5 Å². The van der Waals surface area contributed by atoms with Gasteiger partial charge in [0, 0.05) is 28.0 Å². The number of rotatable bonds is 6. The van der Waals surface area contributed by atoms with Gasteiger partial charge in [-0.25, -0.2) is 5.43 Å². The van der Waals surface area contributed by atoms with Crippen LogP contribution in [0.2, 0.25) is 0 Å². The average molecular weight is 386 g/mol. The minimum absolute atomic E-state index is 0.165. The fourth-order valence-corrected chi connectivity index (χ4v) is 3.19. The standard InChI is InChI=1S/C22H18N4O3/c1-2-28-17-7-8-20-15(11-17)12-21(29-20)22(27)25-24-13-16-14-26(10-9-23)19-6-4-3-5-18(16)19/h3-8,11-14H,2,10H2,1H3,(H,25,27)/b24-13+. The lowest BCUT2D eigenvalue weighted by Gasteiger charge is -2.00. The van der Waals surface area contributed by atoms with Gasteiger partial charge in [-0.2, -0.15) is 10.4 Å². The molecule has 1 amide bonds. The number of nitrogens with zero attached hydrogens (tertiary/aromatic N) is 3. The number of hydrogen-bond acceptors (Lipinski definition) is 5. The van der Waals surface area contributed by atoms with Gasteiger partial charge in [0.05, 0.1) is 18.9 Å². The molecule has 0 fully saturated rings. The molecule has 0 atom stereocenters. The highest BCUT2D eigenvalue weighted by Crippen LogP contribution is 2.24. The first-order valence-corrected chi connectivity index (χ1v) is 9.14. The largest absolute Gasteiger partial charge is 0.494 e. The Kier molecular flexibility index (Phi) is 4.99. The molecule has 0 unspecified atom stereocenters. The minimum atomic E-state index is -0.448. The van der Waals surface area contributed by atoms with Crippen molar-refractivity contribution < 1.29 is 13.9 Å². The van der Waals surface area contributed by atoms with E-state index < -0.39 is 5.91 Å². The van der Waals surface area contributed by atoms with Gasteiger partial charge in [0.2, 0.25) is 0 Å². The Hall–Kier alpha value is -4.05. The topological polar surface area (TPSA) is 92.5 Å². The number of nitrogens with one attached hydrogen (secondary N) is 1. The monoisotopic (exact) mass is 386 g/mol. The molecule has 2 aromatic carbocycles. The van der Waals surface area contributed by atoms with Crippen molar-refractivity contribution in [2.75, 3.05) is 6.61 Å². The Morgan fingerprint density at radius 2 is 2.17 bits per heavy atom. The van der Waals surface area contributed by atoms with Crippen LogP contribution in [-0.4, -0.2) is 23.3 Å². The molecule has 7 heteroatoms. The zero-order chi connectivity index (χ0) is 20.2. The number of carbonyl (C=O) groups is 1. The van der Waals surface area contributed by atoms with Crippen LogP contribution >= 0.6 is 0 Å². The van der Waals surface area contributed by atoms with Crippen LogP contribution in [0.5, 0.6) is 5.75 Å². The summed E-state index contributed by atoms with van der Waals surface area (Å²) in [6, 6.07) is 16.9. The van der Waals surface area contributed by atoms with Crippen molar-refractivity contribution in [1.29, 1.82) is 5.26 Å². The molecule has 0 aliphatic rings. The zero-order valence-corrected chi connectivity index (χ0v) is 15.8. The second-order valence-electron chi connectivity index (χ2n) is 6.33. The van der Waals surface area contributed by atoms with Crippen LogP contribution in [0.15, 0.2) is 64.2 Å².